The van der Waals surface area contributed by atoms with Gasteiger partial charge in [0.05, 0.1) is 11.6 Å². The molecular weight excluding hydrogens is 324 g/mol. The standard InChI is InChI=1S/C21H22N4O/c22-15-16-2-1-3-17(14-16)21(26)23-18-4-6-19(7-5-18)25-13-12-24-10-8-20(25)9-11-24/h1-7,14,20H,8-13H2,(H,23,26). The van der Waals surface area contributed by atoms with Crippen LogP contribution in [0.3, 0.4) is 0 Å². The summed E-state index contributed by atoms with van der Waals surface area (Å²) < 4.78 is 0. The van der Waals surface area contributed by atoms with Gasteiger partial charge in [-0.3, -0.25) is 4.79 Å². The second kappa shape index (κ2) is 7.19. The molecule has 2 aromatic carbocycles. The Morgan fingerprint density at radius 3 is 2.54 bits per heavy atom. The van der Waals surface area contributed by atoms with Gasteiger partial charge in [-0.2, -0.15) is 5.26 Å². The zero-order valence-electron chi connectivity index (χ0n) is 14.7. The van der Waals surface area contributed by atoms with Crippen LogP contribution in [0.25, 0.3) is 0 Å². The molecule has 5 rings (SSSR count). The molecule has 5 heteroatoms. The number of hydrogen-bond donors (Lipinski definition) is 1. The van der Waals surface area contributed by atoms with Gasteiger partial charge in [0.15, 0.2) is 0 Å². The third-order valence-electron chi connectivity index (χ3n) is 5.37. The summed E-state index contributed by atoms with van der Waals surface area (Å²) in [4.78, 5) is 17.4. The molecule has 0 radical (unpaired) electrons. The second-order valence-corrected chi connectivity index (χ2v) is 6.96. The Kier molecular flexibility index (Phi) is 4.59. The van der Waals surface area contributed by atoms with Crippen LogP contribution in [-0.2, 0) is 0 Å². The van der Waals surface area contributed by atoms with Gasteiger partial charge in [-0.15, -0.1) is 0 Å². The minimum Gasteiger partial charge on any atom is -0.367 e. The third kappa shape index (κ3) is 3.42. The van der Waals surface area contributed by atoms with Crippen molar-refractivity contribution in [3.63, 3.8) is 0 Å². The fraction of sp³-hybridized carbons (Fsp3) is 0.333. The van der Waals surface area contributed by atoms with Gasteiger partial charge < -0.3 is 15.1 Å². The Morgan fingerprint density at radius 2 is 1.81 bits per heavy atom. The molecule has 3 aliphatic rings. The van der Waals surface area contributed by atoms with Crippen LogP contribution in [-0.4, -0.2) is 43.0 Å². The van der Waals surface area contributed by atoms with E-state index in [1.807, 2.05) is 12.1 Å². The van der Waals surface area contributed by atoms with Crippen LogP contribution < -0.4 is 10.2 Å². The van der Waals surface area contributed by atoms with Gasteiger partial charge in [0.2, 0.25) is 0 Å². The van der Waals surface area contributed by atoms with Crippen LogP contribution in [0.2, 0.25) is 0 Å². The van der Waals surface area contributed by atoms with Crippen LogP contribution in [0.1, 0.15) is 28.8 Å². The molecule has 2 aromatic rings. The van der Waals surface area contributed by atoms with Gasteiger partial charge >= 0.3 is 0 Å². The topological polar surface area (TPSA) is 59.4 Å². The first-order valence-corrected chi connectivity index (χ1v) is 9.13. The van der Waals surface area contributed by atoms with Crippen LogP contribution in [0, 0.1) is 11.3 Å². The van der Waals surface area contributed by atoms with Crippen LogP contribution in [0.4, 0.5) is 11.4 Å². The Balaban J connectivity index is 1.46. The van der Waals surface area contributed by atoms with Crippen molar-refractivity contribution in [3.8, 4) is 6.07 Å². The van der Waals surface area contributed by atoms with Crippen molar-refractivity contribution in [3.05, 3.63) is 59.7 Å². The molecule has 0 atom stereocenters. The first kappa shape index (κ1) is 16.6. The summed E-state index contributed by atoms with van der Waals surface area (Å²) in [6.07, 6.45) is 2.46. The Morgan fingerprint density at radius 1 is 1.04 bits per heavy atom. The number of piperidine rings is 1. The van der Waals surface area contributed by atoms with E-state index < -0.39 is 0 Å². The Hall–Kier alpha value is -2.84. The lowest BCUT2D eigenvalue weighted by Crippen LogP contribution is -2.37. The highest BCUT2D eigenvalue weighted by molar-refractivity contribution is 6.04. The van der Waals surface area contributed by atoms with Gasteiger partial charge in [-0.1, -0.05) is 6.07 Å². The van der Waals surface area contributed by atoms with E-state index >= 15 is 0 Å². The normalized spacial score (nSPS) is 21.7. The molecular formula is C21H22N4O. The van der Waals surface area contributed by atoms with Crippen molar-refractivity contribution in [1.29, 1.82) is 5.26 Å². The number of nitrogens with zero attached hydrogens (tertiary/aromatic N) is 3. The van der Waals surface area contributed by atoms with Crippen molar-refractivity contribution in [2.24, 2.45) is 0 Å². The van der Waals surface area contributed by atoms with Crippen LogP contribution in [0.15, 0.2) is 48.5 Å². The van der Waals surface area contributed by atoms with Gasteiger partial charge in [-0.05, 0) is 55.3 Å². The van der Waals surface area contributed by atoms with Crippen molar-refractivity contribution in [2.45, 2.75) is 18.9 Å². The fourth-order valence-electron chi connectivity index (χ4n) is 3.90. The maximum atomic E-state index is 12.4. The van der Waals surface area contributed by atoms with Crippen molar-refractivity contribution in [2.75, 3.05) is 36.4 Å². The molecule has 0 saturated carbocycles. The van der Waals surface area contributed by atoms with E-state index in [4.69, 9.17) is 5.26 Å². The quantitative estimate of drug-likeness (QED) is 0.928. The first-order chi connectivity index (χ1) is 12.7. The van der Waals surface area contributed by atoms with Gasteiger partial charge in [0.1, 0.15) is 0 Å². The maximum absolute atomic E-state index is 12.4. The summed E-state index contributed by atoms with van der Waals surface area (Å²) in [5.74, 6) is -0.198. The van der Waals surface area contributed by atoms with Crippen LogP contribution in [0.5, 0.6) is 0 Å². The van der Waals surface area contributed by atoms with E-state index in [1.54, 1.807) is 24.3 Å². The number of hydrogen-bond acceptors (Lipinski definition) is 4. The lowest BCUT2D eigenvalue weighted by atomic mass is 10.0. The van der Waals surface area contributed by atoms with E-state index in [2.05, 4.69) is 33.3 Å². The molecule has 5 nitrogen and oxygen atoms in total. The maximum Gasteiger partial charge on any atom is 0.255 e. The average Bonchev–Trinajstić information content (AvgIpc) is 3.02. The highest BCUT2D eigenvalue weighted by Crippen LogP contribution is 2.27. The number of nitriles is 1. The summed E-state index contributed by atoms with van der Waals surface area (Å²) >= 11 is 0. The Bertz CT molecular complexity index is 832. The predicted octanol–water partition coefficient (Wildman–Crippen LogP) is 3.09. The lowest BCUT2D eigenvalue weighted by Gasteiger charge is -2.33. The van der Waals surface area contributed by atoms with E-state index in [9.17, 15) is 4.79 Å². The van der Waals surface area contributed by atoms with Crippen LogP contribution >= 0.6 is 0 Å². The number of amides is 1. The molecule has 3 aliphatic heterocycles. The molecule has 0 aromatic heterocycles. The predicted molar refractivity (Wildman–Crippen MR) is 102 cm³/mol. The molecule has 26 heavy (non-hydrogen) atoms. The number of fused-ring (bicyclic) bond motifs is 4. The summed E-state index contributed by atoms with van der Waals surface area (Å²) in [6.45, 7) is 4.61. The van der Waals surface area contributed by atoms with Crippen molar-refractivity contribution >= 4 is 17.3 Å². The molecule has 2 bridgehead atoms. The molecule has 0 spiro atoms. The zero-order valence-corrected chi connectivity index (χ0v) is 14.7. The number of carbonyl (C=O) groups excluding carboxylic acids is 1. The summed E-state index contributed by atoms with van der Waals surface area (Å²) in [7, 11) is 0. The lowest BCUT2D eigenvalue weighted by molar-refractivity contribution is 0.102. The van der Waals surface area contributed by atoms with Crippen molar-refractivity contribution in [1.82, 2.24) is 4.90 Å². The zero-order chi connectivity index (χ0) is 17.9. The molecule has 0 aliphatic carbocycles. The van der Waals surface area contributed by atoms with E-state index in [-0.39, 0.29) is 5.91 Å². The third-order valence-corrected chi connectivity index (χ3v) is 5.37. The molecule has 1 N–H and O–H groups in total. The smallest absolute Gasteiger partial charge is 0.255 e. The highest BCUT2D eigenvalue weighted by Gasteiger charge is 2.28. The Labute approximate surface area is 153 Å². The largest absolute Gasteiger partial charge is 0.367 e. The minimum atomic E-state index is -0.198. The van der Waals surface area contributed by atoms with E-state index in [0.29, 0.717) is 17.2 Å². The van der Waals surface area contributed by atoms with Gasteiger partial charge in [0, 0.05) is 49.2 Å². The first-order valence-electron chi connectivity index (χ1n) is 9.13. The molecule has 132 valence electrons. The molecule has 3 saturated heterocycles. The molecule has 0 unspecified atom stereocenters. The highest BCUT2D eigenvalue weighted by atomic mass is 16.1. The van der Waals surface area contributed by atoms with E-state index in [1.165, 1.54) is 31.6 Å². The monoisotopic (exact) mass is 346 g/mol. The van der Waals surface area contributed by atoms with Crippen molar-refractivity contribution < 1.29 is 4.79 Å². The number of rotatable bonds is 3. The summed E-state index contributed by atoms with van der Waals surface area (Å²) in [6, 6.07) is 17.5. The fourth-order valence-corrected chi connectivity index (χ4v) is 3.90. The SMILES string of the molecule is N#Cc1cccc(C(=O)Nc2ccc(N3CCN4CCC3CC4)cc2)c1. The van der Waals surface area contributed by atoms with Gasteiger partial charge in [-0.25, -0.2) is 0 Å². The average molecular weight is 346 g/mol. The minimum absolute atomic E-state index is 0.198. The van der Waals surface area contributed by atoms with E-state index in [0.717, 1.165) is 18.8 Å². The second-order valence-electron chi connectivity index (χ2n) is 6.96. The summed E-state index contributed by atoms with van der Waals surface area (Å²) in [5, 5.41) is 11.9. The molecule has 3 fully saturated rings. The molecule has 3 heterocycles. The number of benzene rings is 2. The number of carbonyl (C=O) groups is 1. The summed E-state index contributed by atoms with van der Waals surface area (Å²) in [5.41, 5.74) is 2.97. The van der Waals surface area contributed by atoms with Gasteiger partial charge in [0.25, 0.3) is 5.91 Å². The number of nitrogens with one attached hydrogen (secondary N) is 1. The number of anilines is 2. The molecule has 1 amide bonds.